The number of nitrogens with zero attached hydrogens (tertiary/aromatic N) is 2. The number of H-pyrrole nitrogens is 2. The minimum Gasteiger partial charge on any atom is -0.343 e. The third-order valence-corrected chi connectivity index (χ3v) is 6.42. The molecule has 0 saturated carbocycles. The van der Waals surface area contributed by atoms with Gasteiger partial charge in [0.25, 0.3) is 0 Å². The van der Waals surface area contributed by atoms with Gasteiger partial charge in [-0.1, -0.05) is 30.4 Å². The number of piperidine rings is 1. The Morgan fingerprint density at radius 3 is 2.64 bits per heavy atom. The van der Waals surface area contributed by atoms with Crippen LogP contribution in [0.4, 0.5) is 0 Å². The van der Waals surface area contributed by atoms with Gasteiger partial charge in [0, 0.05) is 36.2 Å². The van der Waals surface area contributed by atoms with E-state index >= 15 is 0 Å². The van der Waals surface area contributed by atoms with Gasteiger partial charge < -0.3 is 26.3 Å². The molecule has 5 rings (SSSR count). The topological polar surface area (TPSA) is 107 Å². The fourth-order valence-electron chi connectivity index (χ4n) is 4.51. The predicted molar refractivity (Wildman–Crippen MR) is 144 cm³/mol. The van der Waals surface area contributed by atoms with Crippen LogP contribution in [-0.2, 0) is 13.1 Å². The SMILES string of the molecule is C#CCCNCc1nc2ccc(C#Cc3ccc(-c4nc(C5CCCCN5)[nH]c4CN)cc3)cc2[nH]1. The predicted octanol–water partition coefficient (Wildman–Crippen LogP) is 3.74. The first-order chi connectivity index (χ1) is 17.7. The summed E-state index contributed by atoms with van der Waals surface area (Å²) in [6, 6.07) is 14.5. The maximum absolute atomic E-state index is 6.02. The van der Waals surface area contributed by atoms with Gasteiger partial charge in [-0.15, -0.1) is 12.3 Å². The van der Waals surface area contributed by atoms with Crippen molar-refractivity contribution in [2.24, 2.45) is 5.73 Å². The molecule has 0 aliphatic carbocycles. The zero-order valence-electron chi connectivity index (χ0n) is 20.3. The number of rotatable bonds is 7. The number of aromatic amines is 2. The van der Waals surface area contributed by atoms with E-state index in [0.717, 1.165) is 70.3 Å². The minimum absolute atomic E-state index is 0.274. The number of nitrogens with one attached hydrogen (secondary N) is 4. The molecule has 182 valence electrons. The molecule has 7 nitrogen and oxygen atoms in total. The number of terminal acetylenes is 1. The second kappa shape index (κ2) is 11.2. The normalized spacial score (nSPS) is 15.4. The van der Waals surface area contributed by atoms with Gasteiger partial charge in [0.05, 0.1) is 35.0 Å². The summed E-state index contributed by atoms with van der Waals surface area (Å²) >= 11 is 0. The maximum atomic E-state index is 6.02. The van der Waals surface area contributed by atoms with E-state index in [0.29, 0.717) is 19.5 Å². The molecule has 0 radical (unpaired) electrons. The summed E-state index contributed by atoms with van der Waals surface area (Å²) < 4.78 is 0. The molecule has 2 aromatic heterocycles. The standard InChI is InChI=1S/C29H31N7/c1-2-3-15-31-19-27-33-23-14-11-21(17-25(23)34-27)8-7-20-9-12-22(13-10-20)28-26(18-30)35-29(36-28)24-6-4-5-16-32-24/h1,9-14,17,24,31-32H,3-6,15-16,18-19,30H2,(H,33,34)(H,35,36). The fraction of sp³-hybridized carbons (Fsp3) is 0.310. The molecular weight excluding hydrogens is 446 g/mol. The molecule has 1 unspecified atom stereocenters. The Labute approximate surface area is 211 Å². The number of benzene rings is 2. The molecule has 1 aliphatic rings. The van der Waals surface area contributed by atoms with Crippen molar-refractivity contribution in [1.82, 2.24) is 30.6 Å². The van der Waals surface area contributed by atoms with Crippen LogP contribution in [0.1, 0.15) is 60.2 Å². The molecule has 1 atom stereocenters. The molecule has 1 fully saturated rings. The largest absolute Gasteiger partial charge is 0.343 e. The average molecular weight is 478 g/mol. The van der Waals surface area contributed by atoms with Crippen molar-refractivity contribution in [2.45, 2.75) is 44.8 Å². The maximum Gasteiger partial charge on any atom is 0.124 e. The summed E-state index contributed by atoms with van der Waals surface area (Å²) in [5, 5.41) is 6.84. The molecule has 7 heteroatoms. The Morgan fingerprint density at radius 1 is 1.03 bits per heavy atom. The zero-order valence-corrected chi connectivity index (χ0v) is 20.3. The van der Waals surface area contributed by atoms with E-state index in [2.05, 4.69) is 55.5 Å². The van der Waals surface area contributed by atoms with Gasteiger partial charge in [-0.25, -0.2) is 9.97 Å². The molecule has 0 spiro atoms. The average Bonchev–Trinajstić information content (AvgIpc) is 3.54. The monoisotopic (exact) mass is 477 g/mol. The van der Waals surface area contributed by atoms with Crippen molar-refractivity contribution in [3.8, 4) is 35.4 Å². The van der Waals surface area contributed by atoms with Gasteiger partial charge in [-0.05, 0) is 49.7 Å². The van der Waals surface area contributed by atoms with Crippen molar-refractivity contribution in [2.75, 3.05) is 13.1 Å². The lowest BCUT2D eigenvalue weighted by molar-refractivity contribution is 0.399. The van der Waals surface area contributed by atoms with Crippen LogP contribution >= 0.6 is 0 Å². The first-order valence-electron chi connectivity index (χ1n) is 12.5. The third-order valence-electron chi connectivity index (χ3n) is 6.42. The minimum atomic E-state index is 0.274. The van der Waals surface area contributed by atoms with E-state index in [9.17, 15) is 0 Å². The smallest absolute Gasteiger partial charge is 0.124 e. The summed E-state index contributed by atoms with van der Waals surface area (Å²) in [6.45, 7) is 2.89. The van der Waals surface area contributed by atoms with Crippen molar-refractivity contribution in [3.63, 3.8) is 0 Å². The van der Waals surface area contributed by atoms with E-state index in [-0.39, 0.29) is 6.04 Å². The summed E-state index contributed by atoms with van der Waals surface area (Å²) in [4.78, 5) is 16.3. The van der Waals surface area contributed by atoms with E-state index in [1.165, 1.54) is 12.8 Å². The van der Waals surface area contributed by atoms with Crippen LogP contribution in [0, 0.1) is 24.2 Å². The fourth-order valence-corrected chi connectivity index (χ4v) is 4.51. The zero-order chi connectivity index (χ0) is 24.7. The Kier molecular flexibility index (Phi) is 7.44. The van der Waals surface area contributed by atoms with Gasteiger partial charge in [-0.3, -0.25) is 0 Å². The summed E-state index contributed by atoms with van der Waals surface area (Å²) in [5.41, 5.74) is 12.7. The molecule has 6 N–H and O–H groups in total. The molecule has 2 aromatic carbocycles. The van der Waals surface area contributed by atoms with Crippen molar-refractivity contribution in [3.05, 3.63) is 70.9 Å². The Morgan fingerprint density at radius 2 is 1.86 bits per heavy atom. The second-order valence-corrected chi connectivity index (χ2v) is 9.03. The van der Waals surface area contributed by atoms with Crippen LogP contribution in [-0.4, -0.2) is 33.0 Å². The summed E-state index contributed by atoms with van der Waals surface area (Å²) in [7, 11) is 0. The van der Waals surface area contributed by atoms with Crippen LogP contribution in [0.5, 0.6) is 0 Å². The number of fused-ring (bicyclic) bond motifs is 1. The van der Waals surface area contributed by atoms with Crippen molar-refractivity contribution >= 4 is 11.0 Å². The first-order valence-corrected chi connectivity index (χ1v) is 12.5. The number of imidazole rings is 2. The van der Waals surface area contributed by atoms with E-state index in [1.807, 2.05) is 30.3 Å². The number of hydrogen-bond acceptors (Lipinski definition) is 5. The van der Waals surface area contributed by atoms with Crippen molar-refractivity contribution in [1.29, 1.82) is 0 Å². The van der Waals surface area contributed by atoms with Crippen molar-refractivity contribution < 1.29 is 0 Å². The second-order valence-electron chi connectivity index (χ2n) is 9.03. The molecule has 0 amide bonds. The molecule has 0 bridgehead atoms. The summed E-state index contributed by atoms with van der Waals surface area (Å²) in [5.74, 6) is 11.0. The van der Waals surface area contributed by atoms with Gasteiger partial charge in [0.15, 0.2) is 0 Å². The lowest BCUT2D eigenvalue weighted by Crippen LogP contribution is -2.27. The molecule has 3 heterocycles. The molecule has 36 heavy (non-hydrogen) atoms. The van der Waals surface area contributed by atoms with E-state index < -0.39 is 0 Å². The Balaban J connectivity index is 1.29. The van der Waals surface area contributed by atoms with Gasteiger partial charge in [-0.2, -0.15) is 0 Å². The third kappa shape index (κ3) is 5.50. The highest BCUT2D eigenvalue weighted by atomic mass is 15.0. The number of nitrogens with two attached hydrogens (primary N) is 1. The summed E-state index contributed by atoms with van der Waals surface area (Å²) in [6.07, 6.45) is 9.53. The highest BCUT2D eigenvalue weighted by molar-refractivity contribution is 5.77. The molecular formula is C29H31N7. The van der Waals surface area contributed by atoms with Gasteiger partial charge >= 0.3 is 0 Å². The van der Waals surface area contributed by atoms with Gasteiger partial charge in [0.2, 0.25) is 0 Å². The molecule has 4 aromatic rings. The first kappa shape index (κ1) is 23.8. The molecule has 1 aliphatic heterocycles. The quantitative estimate of drug-likeness (QED) is 0.206. The van der Waals surface area contributed by atoms with Crippen LogP contribution in [0.25, 0.3) is 22.3 Å². The van der Waals surface area contributed by atoms with Crippen LogP contribution in [0.2, 0.25) is 0 Å². The van der Waals surface area contributed by atoms with Crippen LogP contribution < -0.4 is 16.4 Å². The highest BCUT2D eigenvalue weighted by Crippen LogP contribution is 2.27. The van der Waals surface area contributed by atoms with Crippen LogP contribution in [0.3, 0.4) is 0 Å². The van der Waals surface area contributed by atoms with E-state index in [4.69, 9.17) is 17.1 Å². The highest BCUT2D eigenvalue weighted by Gasteiger charge is 2.20. The van der Waals surface area contributed by atoms with E-state index in [1.54, 1.807) is 0 Å². The van der Waals surface area contributed by atoms with Crippen LogP contribution in [0.15, 0.2) is 42.5 Å². The Hall–Kier alpha value is -3.88. The lowest BCUT2D eigenvalue weighted by Gasteiger charge is -2.21. The lowest BCUT2D eigenvalue weighted by atomic mass is 10.0. The molecule has 1 saturated heterocycles. The van der Waals surface area contributed by atoms with Gasteiger partial charge in [0.1, 0.15) is 11.6 Å². The Bertz CT molecular complexity index is 1420. The number of hydrogen-bond donors (Lipinski definition) is 5. The number of aromatic nitrogens is 4.